The maximum Gasteiger partial charge on any atom is 0.122 e. The lowest BCUT2D eigenvalue weighted by Gasteiger charge is -2.59. The van der Waals surface area contributed by atoms with Crippen molar-refractivity contribution in [1.82, 2.24) is 9.78 Å². The van der Waals surface area contributed by atoms with Gasteiger partial charge in [0, 0.05) is 6.07 Å². The number of nitrogens with zero attached hydrogens (tertiary/aromatic N) is 2. The topological polar surface area (TPSA) is 43.8 Å². The van der Waals surface area contributed by atoms with E-state index in [-0.39, 0.29) is 0 Å². The van der Waals surface area contributed by atoms with Crippen LogP contribution < -0.4 is 5.73 Å². The average molecular weight is 273 g/mol. The average Bonchev–Trinajstić information content (AvgIpc) is 2.67. The van der Waals surface area contributed by atoms with Gasteiger partial charge in [0.2, 0.25) is 0 Å². The maximum absolute atomic E-state index is 6.24. The summed E-state index contributed by atoms with van der Waals surface area (Å²) in [5.74, 6) is 3.85. The van der Waals surface area contributed by atoms with Gasteiger partial charge in [-0.15, -0.1) is 0 Å². The largest absolute Gasteiger partial charge is 0.384 e. The molecule has 0 aliphatic heterocycles. The van der Waals surface area contributed by atoms with E-state index in [0.29, 0.717) is 11.5 Å². The fourth-order valence-electron chi connectivity index (χ4n) is 6.24. The molecule has 4 aliphatic rings. The first-order chi connectivity index (χ1) is 9.59. The molecule has 4 aliphatic carbocycles. The first-order valence-electron chi connectivity index (χ1n) is 8.41. The lowest BCUT2D eigenvalue weighted by molar-refractivity contribution is -0.0854. The van der Waals surface area contributed by atoms with Crippen molar-refractivity contribution in [2.45, 2.75) is 64.8 Å². The zero-order valence-corrected chi connectivity index (χ0v) is 12.8. The third kappa shape index (κ3) is 1.74. The molecule has 5 rings (SSSR count). The van der Waals surface area contributed by atoms with E-state index in [1.165, 1.54) is 38.5 Å². The van der Waals surface area contributed by atoms with Crippen molar-refractivity contribution in [3.63, 3.8) is 0 Å². The van der Waals surface area contributed by atoms with Crippen molar-refractivity contribution in [1.29, 1.82) is 0 Å². The first kappa shape index (κ1) is 12.7. The molecule has 20 heavy (non-hydrogen) atoms. The summed E-state index contributed by atoms with van der Waals surface area (Å²) in [7, 11) is 0. The predicted molar refractivity (Wildman–Crippen MR) is 81.3 cm³/mol. The quantitative estimate of drug-likeness (QED) is 0.906. The van der Waals surface area contributed by atoms with Crippen molar-refractivity contribution in [2.24, 2.45) is 23.2 Å². The smallest absolute Gasteiger partial charge is 0.122 e. The highest BCUT2D eigenvalue weighted by Gasteiger charge is 2.54. The van der Waals surface area contributed by atoms with Crippen LogP contribution in [-0.4, -0.2) is 9.78 Å². The predicted octanol–water partition coefficient (Wildman–Crippen LogP) is 3.94. The van der Waals surface area contributed by atoms with Gasteiger partial charge in [0.05, 0.1) is 11.7 Å². The number of nitrogens with two attached hydrogens (primary N) is 1. The zero-order chi connectivity index (χ0) is 13.9. The Morgan fingerprint density at radius 1 is 1.25 bits per heavy atom. The molecule has 4 saturated carbocycles. The molecular weight excluding hydrogens is 246 g/mol. The number of nitrogen functional groups attached to an aromatic ring is 1. The number of hydrogen-bond acceptors (Lipinski definition) is 2. The Hall–Kier alpha value is -0.990. The van der Waals surface area contributed by atoms with Gasteiger partial charge in [-0.25, -0.2) is 4.68 Å². The monoisotopic (exact) mass is 273 g/mol. The second-order valence-electron chi connectivity index (χ2n) is 7.86. The van der Waals surface area contributed by atoms with Crippen molar-refractivity contribution >= 4 is 5.82 Å². The molecule has 2 N–H and O–H groups in total. The number of rotatable bonds is 3. The fourth-order valence-corrected chi connectivity index (χ4v) is 6.24. The zero-order valence-electron chi connectivity index (χ0n) is 12.8. The van der Waals surface area contributed by atoms with Gasteiger partial charge < -0.3 is 5.73 Å². The van der Waals surface area contributed by atoms with Crippen LogP contribution in [-0.2, 0) is 0 Å². The molecule has 1 heterocycles. The molecule has 1 aromatic rings. The highest BCUT2D eigenvalue weighted by molar-refractivity contribution is 5.31. The maximum atomic E-state index is 6.24. The Bertz CT molecular complexity index is 481. The van der Waals surface area contributed by atoms with E-state index in [1.807, 2.05) is 6.07 Å². The minimum absolute atomic E-state index is 0.496. The van der Waals surface area contributed by atoms with Crippen LogP contribution in [0.5, 0.6) is 0 Å². The summed E-state index contributed by atoms with van der Waals surface area (Å²) in [4.78, 5) is 0. The van der Waals surface area contributed by atoms with Crippen LogP contribution in [0.4, 0.5) is 5.82 Å². The van der Waals surface area contributed by atoms with Gasteiger partial charge in [-0.1, -0.05) is 6.92 Å². The van der Waals surface area contributed by atoms with Gasteiger partial charge in [-0.2, -0.15) is 5.10 Å². The van der Waals surface area contributed by atoms with Gasteiger partial charge in [0.15, 0.2) is 0 Å². The summed E-state index contributed by atoms with van der Waals surface area (Å²) in [6, 6.07) is 2.55. The van der Waals surface area contributed by atoms with Crippen molar-refractivity contribution < 1.29 is 0 Å². The molecule has 3 nitrogen and oxygen atoms in total. The van der Waals surface area contributed by atoms with Gasteiger partial charge in [-0.3, -0.25) is 0 Å². The van der Waals surface area contributed by atoms with E-state index >= 15 is 0 Å². The van der Waals surface area contributed by atoms with E-state index < -0.39 is 0 Å². The minimum Gasteiger partial charge on any atom is -0.384 e. The van der Waals surface area contributed by atoms with Gasteiger partial charge in [0.1, 0.15) is 5.82 Å². The van der Waals surface area contributed by atoms with E-state index in [0.717, 1.165) is 35.7 Å². The molecule has 0 amide bonds. The molecule has 4 bridgehead atoms. The number of aromatic nitrogens is 2. The van der Waals surface area contributed by atoms with Crippen LogP contribution in [0, 0.1) is 30.1 Å². The van der Waals surface area contributed by atoms with Crippen molar-refractivity contribution in [3.05, 3.63) is 11.8 Å². The van der Waals surface area contributed by atoms with Crippen LogP contribution in [0.3, 0.4) is 0 Å². The molecule has 0 radical (unpaired) electrons. The summed E-state index contributed by atoms with van der Waals surface area (Å²) in [5, 5.41) is 4.73. The van der Waals surface area contributed by atoms with Gasteiger partial charge in [-0.05, 0) is 75.0 Å². The molecule has 1 aromatic heterocycles. The van der Waals surface area contributed by atoms with E-state index in [2.05, 4.69) is 18.5 Å². The Morgan fingerprint density at radius 3 is 2.20 bits per heavy atom. The highest BCUT2D eigenvalue weighted by atomic mass is 15.3. The summed E-state index contributed by atoms with van der Waals surface area (Å²) in [6.07, 6.45) is 9.95. The molecule has 110 valence electrons. The summed E-state index contributed by atoms with van der Waals surface area (Å²) in [5.41, 5.74) is 7.79. The summed E-state index contributed by atoms with van der Waals surface area (Å²) >= 11 is 0. The Labute approximate surface area is 121 Å². The normalized spacial score (nSPS) is 40.2. The SMILES string of the molecule is CCC(n1nc(C)cc1N)C12CC3CC(CC(C3)C1)C2. The van der Waals surface area contributed by atoms with Crippen LogP contribution in [0.15, 0.2) is 6.07 Å². The molecule has 1 unspecified atom stereocenters. The van der Waals surface area contributed by atoms with Crippen molar-refractivity contribution in [2.75, 3.05) is 5.73 Å². The summed E-state index contributed by atoms with van der Waals surface area (Å²) in [6.45, 7) is 4.37. The van der Waals surface area contributed by atoms with Gasteiger partial charge >= 0.3 is 0 Å². The standard InChI is InChI=1S/C17H27N3/c1-3-15(20-16(18)4-11(2)19-20)17-8-12-5-13(9-17)7-14(6-12)10-17/h4,12-15H,3,5-10,18H2,1-2H3. The molecule has 4 fully saturated rings. The van der Waals surface area contributed by atoms with E-state index in [4.69, 9.17) is 10.8 Å². The lowest BCUT2D eigenvalue weighted by atomic mass is 9.47. The first-order valence-corrected chi connectivity index (χ1v) is 8.41. The molecule has 1 atom stereocenters. The highest BCUT2D eigenvalue weighted by Crippen LogP contribution is 2.64. The minimum atomic E-state index is 0.496. The van der Waals surface area contributed by atoms with Crippen LogP contribution in [0.2, 0.25) is 0 Å². The second-order valence-corrected chi connectivity index (χ2v) is 7.86. The third-order valence-corrected chi connectivity index (χ3v) is 6.36. The third-order valence-electron chi connectivity index (χ3n) is 6.36. The lowest BCUT2D eigenvalue weighted by Crippen LogP contribution is -2.50. The Kier molecular flexibility index (Phi) is 2.71. The number of hydrogen-bond donors (Lipinski definition) is 1. The number of anilines is 1. The Balaban J connectivity index is 1.72. The molecule has 0 spiro atoms. The van der Waals surface area contributed by atoms with Crippen LogP contribution in [0.25, 0.3) is 0 Å². The van der Waals surface area contributed by atoms with E-state index in [9.17, 15) is 0 Å². The Morgan fingerprint density at radius 2 is 1.80 bits per heavy atom. The second kappa shape index (κ2) is 4.25. The molecular formula is C17H27N3. The molecule has 0 aromatic carbocycles. The van der Waals surface area contributed by atoms with Crippen LogP contribution in [0.1, 0.15) is 63.6 Å². The summed E-state index contributed by atoms with van der Waals surface area (Å²) < 4.78 is 2.17. The van der Waals surface area contributed by atoms with Gasteiger partial charge in [0.25, 0.3) is 0 Å². The molecule has 3 heteroatoms. The van der Waals surface area contributed by atoms with Crippen LogP contribution >= 0.6 is 0 Å². The van der Waals surface area contributed by atoms with E-state index in [1.54, 1.807) is 0 Å². The van der Waals surface area contributed by atoms with Crippen molar-refractivity contribution in [3.8, 4) is 0 Å². The molecule has 0 saturated heterocycles. The number of aryl methyl sites for hydroxylation is 1. The fraction of sp³-hybridized carbons (Fsp3) is 0.824.